The molecule has 0 N–H and O–H groups in total. The molecular formula is C22H30ClN5OS. The van der Waals surface area contributed by atoms with Gasteiger partial charge in [-0.15, -0.1) is 0 Å². The largest absolute Gasteiger partial charge is 0.340 e. The number of carbonyl (C=O) groups is 1. The first-order valence-electron chi connectivity index (χ1n) is 10.6. The first kappa shape index (κ1) is 21.7. The summed E-state index contributed by atoms with van der Waals surface area (Å²) in [6.45, 7) is 5.19. The van der Waals surface area contributed by atoms with E-state index in [9.17, 15) is 4.79 Å². The summed E-state index contributed by atoms with van der Waals surface area (Å²) in [6, 6.07) is 7.84. The predicted molar refractivity (Wildman–Crippen MR) is 122 cm³/mol. The molecule has 6 nitrogen and oxygen atoms in total. The highest BCUT2D eigenvalue weighted by atomic mass is 35.5. The van der Waals surface area contributed by atoms with Crippen molar-refractivity contribution in [3.05, 3.63) is 47.2 Å². The SMILES string of the molecule is CN1CCCN(C(=O)[C@@H]2C[C@@H](Sc3nccn3C)CN2Cc2ccccc2Cl)CC1. The second-order valence-electron chi connectivity index (χ2n) is 8.32. The molecule has 4 rings (SSSR count). The van der Waals surface area contributed by atoms with E-state index in [0.717, 1.165) is 61.3 Å². The topological polar surface area (TPSA) is 44.6 Å². The van der Waals surface area contributed by atoms with Gasteiger partial charge in [0.05, 0.1) is 6.04 Å². The minimum absolute atomic E-state index is 0.109. The van der Waals surface area contributed by atoms with Crippen LogP contribution in [0.15, 0.2) is 41.8 Å². The molecule has 2 saturated heterocycles. The third kappa shape index (κ3) is 5.02. The van der Waals surface area contributed by atoms with Crippen molar-refractivity contribution in [2.75, 3.05) is 39.8 Å². The zero-order valence-electron chi connectivity index (χ0n) is 17.7. The molecule has 1 aromatic carbocycles. The summed E-state index contributed by atoms with van der Waals surface area (Å²) in [7, 11) is 4.15. The molecule has 1 amide bonds. The van der Waals surface area contributed by atoms with Crippen molar-refractivity contribution >= 4 is 29.3 Å². The fourth-order valence-corrected chi connectivity index (χ4v) is 5.70. The number of rotatable bonds is 5. The second kappa shape index (κ2) is 9.73. The van der Waals surface area contributed by atoms with Crippen LogP contribution in [0.4, 0.5) is 0 Å². The quantitative estimate of drug-likeness (QED) is 0.705. The van der Waals surface area contributed by atoms with Crippen LogP contribution in [0.5, 0.6) is 0 Å². The molecule has 2 fully saturated rings. The third-order valence-corrected chi connectivity index (χ3v) is 7.71. The number of aryl methyl sites for hydroxylation is 1. The first-order valence-corrected chi connectivity index (χ1v) is 11.9. The van der Waals surface area contributed by atoms with Crippen molar-refractivity contribution in [2.45, 2.75) is 35.8 Å². The van der Waals surface area contributed by atoms with Crippen LogP contribution >= 0.6 is 23.4 Å². The summed E-state index contributed by atoms with van der Waals surface area (Å²) in [5, 5.41) is 2.10. The molecule has 30 heavy (non-hydrogen) atoms. The van der Waals surface area contributed by atoms with E-state index in [2.05, 4.69) is 32.8 Å². The number of likely N-dealkylation sites (tertiary alicyclic amines) is 1. The van der Waals surface area contributed by atoms with Crippen LogP contribution in [0.2, 0.25) is 5.02 Å². The maximum atomic E-state index is 13.6. The molecule has 2 atom stereocenters. The summed E-state index contributed by atoms with van der Waals surface area (Å²) in [5.74, 6) is 0.264. The van der Waals surface area contributed by atoms with E-state index in [1.54, 1.807) is 11.8 Å². The lowest BCUT2D eigenvalue weighted by molar-refractivity contribution is -0.136. The maximum Gasteiger partial charge on any atom is 0.240 e. The van der Waals surface area contributed by atoms with Gasteiger partial charge in [0.1, 0.15) is 0 Å². The lowest BCUT2D eigenvalue weighted by Crippen LogP contribution is -2.46. The van der Waals surface area contributed by atoms with Crippen LogP contribution in [-0.4, -0.2) is 81.2 Å². The number of aromatic nitrogens is 2. The second-order valence-corrected chi connectivity index (χ2v) is 9.99. The van der Waals surface area contributed by atoms with Gasteiger partial charge in [-0.25, -0.2) is 4.98 Å². The molecule has 8 heteroatoms. The van der Waals surface area contributed by atoms with E-state index in [0.29, 0.717) is 11.8 Å². The summed E-state index contributed by atoms with van der Waals surface area (Å²) >= 11 is 8.22. The average molecular weight is 448 g/mol. The Hall–Kier alpha value is -1.54. The molecule has 162 valence electrons. The Morgan fingerprint density at radius 2 is 2.03 bits per heavy atom. The summed E-state index contributed by atoms with van der Waals surface area (Å²) in [4.78, 5) is 24.7. The van der Waals surface area contributed by atoms with Gasteiger partial charge < -0.3 is 14.4 Å². The van der Waals surface area contributed by atoms with Gasteiger partial charge in [0, 0.05) is 62.4 Å². The molecule has 2 aliphatic rings. The van der Waals surface area contributed by atoms with Crippen molar-refractivity contribution in [3.8, 4) is 0 Å². The molecule has 2 aromatic rings. The molecule has 0 radical (unpaired) electrons. The average Bonchev–Trinajstić information content (AvgIpc) is 3.24. The van der Waals surface area contributed by atoms with Gasteiger partial charge in [0.25, 0.3) is 0 Å². The van der Waals surface area contributed by atoms with Gasteiger partial charge in [-0.2, -0.15) is 0 Å². The number of hydrogen-bond donors (Lipinski definition) is 0. The number of amides is 1. The Kier molecular flexibility index (Phi) is 7.03. The molecule has 0 bridgehead atoms. The number of nitrogens with zero attached hydrogens (tertiary/aromatic N) is 5. The zero-order valence-corrected chi connectivity index (χ0v) is 19.3. The highest BCUT2D eigenvalue weighted by molar-refractivity contribution is 7.99. The van der Waals surface area contributed by atoms with Crippen molar-refractivity contribution in [1.82, 2.24) is 24.3 Å². The van der Waals surface area contributed by atoms with Crippen LogP contribution in [0.3, 0.4) is 0 Å². The highest BCUT2D eigenvalue weighted by Gasteiger charge is 2.40. The van der Waals surface area contributed by atoms with E-state index in [1.807, 2.05) is 42.2 Å². The molecule has 1 aromatic heterocycles. The van der Waals surface area contributed by atoms with Gasteiger partial charge in [-0.05, 0) is 38.1 Å². The van der Waals surface area contributed by atoms with E-state index in [-0.39, 0.29) is 11.9 Å². The number of hydrogen-bond acceptors (Lipinski definition) is 5. The Balaban J connectivity index is 1.51. The van der Waals surface area contributed by atoms with Gasteiger partial charge in [-0.3, -0.25) is 9.69 Å². The number of benzene rings is 1. The molecule has 2 aliphatic heterocycles. The van der Waals surface area contributed by atoms with Crippen molar-refractivity contribution in [1.29, 1.82) is 0 Å². The molecule has 0 aliphatic carbocycles. The predicted octanol–water partition coefficient (Wildman–Crippen LogP) is 2.97. The Morgan fingerprint density at radius 1 is 1.20 bits per heavy atom. The minimum Gasteiger partial charge on any atom is -0.340 e. The zero-order chi connectivity index (χ0) is 21.1. The molecular weight excluding hydrogens is 418 g/mol. The normalized spacial score (nSPS) is 23.6. The molecule has 0 unspecified atom stereocenters. The Morgan fingerprint density at radius 3 is 2.80 bits per heavy atom. The van der Waals surface area contributed by atoms with Gasteiger partial charge in [0.15, 0.2) is 5.16 Å². The van der Waals surface area contributed by atoms with Crippen LogP contribution in [-0.2, 0) is 18.4 Å². The summed E-state index contributed by atoms with van der Waals surface area (Å²) in [5.41, 5.74) is 1.08. The van der Waals surface area contributed by atoms with E-state index in [4.69, 9.17) is 11.6 Å². The van der Waals surface area contributed by atoms with Gasteiger partial charge in [-0.1, -0.05) is 41.6 Å². The maximum absolute atomic E-state index is 13.6. The molecule has 0 spiro atoms. The summed E-state index contributed by atoms with van der Waals surface area (Å²) in [6.07, 6.45) is 5.67. The number of thioether (sulfide) groups is 1. The number of likely N-dealkylation sites (N-methyl/N-ethyl adjacent to an activating group) is 1. The van der Waals surface area contributed by atoms with Gasteiger partial charge in [0.2, 0.25) is 5.91 Å². The Bertz CT molecular complexity index is 875. The van der Waals surface area contributed by atoms with Gasteiger partial charge >= 0.3 is 0 Å². The van der Waals surface area contributed by atoms with E-state index in [1.165, 1.54) is 0 Å². The number of carbonyl (C=O) groups excluding carboxylic acids is 1. The molecule has 0 saturated carbocycles. The van der Waals surface area contributed by atoms with Crippen LogP contribution in [0.25, 0.3) is 0 Å². The van der Waals surface area contributed by atoms with Crippen molar-refractivity contribution in [3.63, 3.8) is 0 Å². The lowest BCUT2D eigenvalue weighted by Gasteiger charge is -2.29. The minimum atomic E-state index is -0.109. The number of imidazole rings is 1. The van der Waals surface area contributed by atoms with E-state index >= 15 is 0 Å². The third-order valence-electron chi connectivity index (χ3n) is 6.06. The van der Waals surface area contributed by atoms with E-state index < -0.39 is 0 Å². The fraction of sp³-hybridized carbons (Fsp3) is 0.545. The smallest absolute Gasteiger partial charge is 0.240 e. The van der Waals surface area contributed by atoms with Crippen LogP contribution in [0, 0.1) is 0 Å². The standard InChI is InChI=1S/C22H30ClN5OS/c1-25-9-5-10-27(13-12-25)21(29)20-14-18(30-22-24-8-11-26(22)2)16-28(20)15-17-6-3-4-7-19(17)23/h3-4,6-8,11,18,20H,5,9-10,12-16H2,1-2H3/t18-,20+/m1/s1. The summed E-state index contributed by atoms with van der Waals surface area (Å²) < 4.78 is 2.04. The first-order chi connectivity index (χ1) is 14.5. The fourth-order valence-electron chi connectivity index (χ4n) is 4.32. The van der Waals surface area contributed by atoms with Crippen molar-refractivity contribution < 1.29 is 4.79 Å². The van der Waals surface area contributed by atoms with Crippen LogP contribution in [0.1, 0.15) is 18.4 Å². The van der Waals surface area contributed by atoms with Crippen molar-refractivity contribution in [2.24, 2.45) is 7.05 Å². The van der Waals surface area contributed by atoms with Crippen LogP contribution < -0.4 is 0 Å². The number of halogens is 1. The Labute approximate surface area is 188 Å². The molecule has 3 heterocycles. The monoisotopic (exact) mass is 447 g/mol. The highest BCUT2D eigenvalue weighted by Crippen LogP contribution is 2.34. The lowest BCUT2D eigenvalue weighted by atomic mass is 10.1.